The molecule has 0 radical (unpaired) electrons. The molecule has 0 bridgehead atoms. The summed E-state index contributed by atoms with van der Waals surface area (Å²) in [5.41, 5.74) is 3.92. The Balaban J connectivity index is 1.45. The molecule has 3 aliphatic heterocycles. The van der Waals surface area contributed by atoms with Crippen LogP contribution in [-0.4, -0.2) is 86.3 Å². The molecule has 1 aromatic heterocycles. The Morgan fingerprint density at radius 3 is 2.51 bits per heavy atom. The predicted octanol–water partition coefficient (Wildman–Crippen LogP) is 2.41. The highest BCUT2D eigenvalue weighted by molar-refractivity contribution is 5.89. The van der Waals surface area contributed by atoms with Crippen molar-refractivity contribution in [3.05, 3.63) is 35.5 Å². The molecule has 0 unspecified atom stereocenters. The second kappa shape index (κ2) is 10.9. The van der Waals surface area contributed by atoms with Gasteiger partial charge in [0.15, 0.2) is 12.1 Å². The molecular formula is C25H34N6O4. The van der Waals surface area contributed by atoms with Crippen LogP contribution in [0.2, 0.25) is 0 Å². The van der Waals surface area contributed by atoms with E-state index < -0.39 is 0 Å². The molecule has 2 N–H and O–H groups in total. The summed E-state index contributed by atoms with van der Waals surface area (Å²) in [5.74, 6) is 1.70. The number of nitrogens with zero attached hydrogens (tertiary/aromatic N) is 4. The van der Waals surface area contributed by atoms with E-state index >= 15 is 0 Å². The van der Waals surface area contributed by atoms with Crippen molar-refractivity contribution >= 4 is 17.5 Å². The minimum Gasteiger partial charge on any atom is -0.378 e. The van der Waals surface area contributed by atoms with Gasteiger partial charge in [-0.05, 0) is 44.5 Å². The number of ether oxygens (including phenoxy) is 3. The third kappa shape index (κ3) is 5.40. The number of fused-ring (bicyclic) bond motifs is 1. The molecule has 4 heterocycles. The van der Waals surface area contributed by atoms with Crippen LogP contribution >= 0.6 is 0 Å². The van der Waals surface area contributed by atoms with Gasteiger partial charge in [0.25, 0.3) is 0 Å². The molecule has 1 atom stereocenters. The lowest BCUT2D eigenvalue weighted by Crippen LogP contribution is -2.42. The molecule has 0 saturated carbocycles. The summed E-state index contributed by atoms with van der Waals surface area (Å²) >= 11 is 0. The van der Waals surface area contributed by atoms with Crippen LogP contribution in [-0.2, 0) is 20.6 Å². The normalized spacial score (nSPS) is 21.1. The van der Waals surface area contributed by atoms with E-state index in [9.17, 15) is 4.79 Å². The van der Waals surface area contributed by atoms with Crippen LogP contribution < -0.4 is 15.5 Å². The molecule has 2 fully saturated rings. The zero-order chi connectivity index (χ0) is 24.2. The summed E-state index contributed by atoms with van der Waals surface area (Å²) < 4.78 is 17.0. The number of anilines is 2. The topological polar surface area (TPSA) is 101 Å². The average molecular weight is 483 g/mol. The number of aromatic nitrogens is 2. The number of rotatable bonds is 6. The van der Waals surface area contributed by atoms with Crippen molar-refractivity contribution in [3.63, 3.8) is 0 Å². The number of nitrogens with one attached hydrogen (secondary N) is 2. The van der Waals surface area contributed by atoms with Crippen LogP contribution in [0.15, 0.2) is 24.3 Å². The first-order valence-corrected chi connectivity index (χ1v) is 12.5. The fourth-order valence-corrected chi connectivity index (χ4v) is 4.85. The van der Waals surface area contributed by atoms with Gasteiger partial charge in [-0.15, -0.1) is 0 Å². The monoisotopic (exact) mass is 482 g/mol. The lowest BCUT2D eigenvalue weighted by molar-refractivity contribution is -0.0691. The molecule has 0 spiro atoms. The Labute approximate surface area is 206 Å². The maximum absolute atomic E-state index is 11.9. The highest BCUT2D eigenvalue weighted by atomic mass is 16.7. The van der Waals surface area contributed by atoms with Crippen molar-refractivity contribution in [2.75, 3.05) is 69.4 Å². The molecule has 2 saturated heterocycles. The average Bonchev–Trinajstić information content (AvgIpc) is 3.40. The summed E-state index contributed by atoms with van der Waals surface area (Å²) in [7, 11) is 0. The highest BCUT2D eigenvalue weighted by Crippen LogP contribution is 2.36. The van der Waals surface area contributed by atoms with Crippen molar-refractivity contribution in [3.8, 4) is 11.4 Å². The van der Waals surface area contributed by atoms with Gasteiger partial charge in [0.2, 0.25) is 0 Å². The maximum atomic E-state index is 11.9. The first-order chi connectivity index (χ1) is 17.1. The standard InChI is InChI=1S/C25H34N6O4/c1-3-26-25(32)27-19-6-4-18(5-7-19)23-28-22-17(2)31(16-21-34-14-15-35-21)9-8-20(22)24(29-23)30-10-12-33-13-11-30/h4-7,17,21H,3,8-16H2,1-2H3,(H2,26,27,32)/t17-/m0/s1. The van der Waals surface area contributed by atoms with E-state index in [2.05, 4.69) is 27.4 Å². The van der Waals surface area contributed by atoms with Crippen LogP contribution in [0.25, 0.3) is 11.4 Å². The molecular weight excluding hydrogens is 448 g/mol. The molecule has 3 aliphatic rings. The second-order valence-corrected chi connectivity index (χ2v) is 8.99. The largest absolute Gasteiger partial charge is 0.378 e. The molecule has 188 valence electrons. The fourth-order valence-electron chi connectivity index (χ4n) is 4.85. The fraction of sp³-hybridized carbons (Fsp3) is 0.560. The number of morpholine rings is 1. The Hall–Kier alpha value is -2.79. The minimum absolute atomic E-state index is 0.117. The van der Waals surface area contributed by atoms with Crippen molar-refractivity contribution in [2.24, 2.45) is 0 Å². The molecule has 2 aromatic rings. The molecule has 10 heteroatoms. The summed E-state index contributed by atoms with van der Waals surface area (Å²) in [5, 5.41) is 5.58. The molecule has 0 aliphatic carbocycles. The van der Waals surface area contributed by atoms with Crippen molar-refractivity contribution in [2.45, 2.75) is 32.6 Å². The van der Waals surface area contributed by atoms with Gasteiger partial charge in [-0.1, -0.05) is 0 Å². The first-order valence-electron chi connectivity index (χ1n) is 12.5. The summed E-state index contributed by atoms with van der Waals surface area (Å²) in [6.45, 7) is 10.7. The van der Waals surface area contributed by atoms with E-state index in [1.54, 1.807) is 0 Å². The van der Waals surface area contributed by atoms with Crippen LogP contribution in [0.4, 0.5) is 16.3 Å². The van der Waals surface area contributed by atoms with Crippen LogP contribution in [0.5, 0.6) is 0 Å². The molecule has 5 rings (SSSR count). The zero-order valence-electron chi connectivity index (χ0n) is 20.5. The van der Waals surface area contributed by atoms with E-state index in [4.69, 9.17) is 24.2 Å². The Morgan fingerprint density at radius 2 is 1.80 bits per heavy atom. The first kappa shape index (κ1) is 23.9. The van der Waals surface area contributed by atoms with E-state index in [0.29, 0.717) is 38.8 Å². The quantitative estimate of drug-likeness (QED) is 0.648. The SMILES string of the molecule is CCNC(=O)Nc1ccc(-c2nc3c(c(N4CCOCC4)n2)CCN(CC2OCCO2)[C@H]3C)cc1. The van der Waals surface area contributed by atoms with Crippen molar-refractivity contribution in [1.29, 1.82) is 0 Å². The van der Waals surface area contributed by atoms with Crippen molar-refractivity contribution < 1.29 is 19.0 Å². The predicted molar refractivity (Wildman–Crippen MR) is 133 cm³/mol. The lowest BCUT2D eigenvalue weighted by atomic mass is 9.98. The van der Waals surface area contributed by atoms with E-state index in [1.165, 1.54) is 5.56 Å². The third-order valence-corrected chi connectivity index (χ3v) is 6.73. The minimum atomic E-state index is -0.218. The van der Waals surface area contributed by atoms with Gasteiger partial charge in [-0.25, -0.2) is 14.8 Å². The number of urea groups is 1. The summed E-state index contributed by atoms with van der Waals surface area (Å²) in [6.07, 6.45) is 0.707. The number of carbonyl (C=O) groups excluding carboxylic acids is 1. The Bertz CT molecular complexity index is 1020. The van der Waals surface area contributed by atoms with Crippen molar-refractivity contribution in [1.82, 2.24) is 20.2 Å². The van der Waals surface area contributed by atoms with Gasteiger partial charge in [-0.3, -0.25) is 4.90 Å². The van der Waals surface area contributed by atoms with Crippen LogP contribution in [0.1, 0.15) is 31.1 Å². The number of carbonyl (C=O) groups is 1. The maximum Gasteiger partial charge on any atom is 0.319 e. The van der Waals surface area contributed by atoms with E-state index in [-0.39, 0.29) is 18.4 Å². The van der Waals surface area contributed by atoms with Gasteiger partial charge in [0.1, 0.15) is 5.82 Å². The smallest absolute Gasteiger partial charge is 0.319 e. The number of benzene rings is 1. The number of hydrogen-bond donors (Lipinski definition) is 2. The van der Waals surface area contributed by atoms with E-state index in [1.807, 2.05) is 31.2 Å². The summed E-state index contributed by atoms with van der Waals surface area (Å²) in [4.78, 5) is 26.7. The van der Waals surface area contributed by atoms with Gasteiger partial charge < -0.3 is 29.7 Å². The molecule has 10 nitrogen and oxygen atoms in total. The summed E-state index contributed by atoms with van der Waals surface area (Å²) in [6, 6.07) is 7.57. The Morgan fingerprint density at radius 1 is 1.06 bits per heavy atom. The zero-order valence-corrected chi connectivity index (χ0v) is 20.5. The highest BCUT2D eigenvalue weighted by Gasteiger charge is 2.33. The Kier molecular flexibility index (Phi) is 7.43. The van der Waals surface area contributed by atoms with E-state index in [0.717, 1.165) is 55.4 Å². The van der Waals surface area contributed by atoms with Crippen LogP contribution in [0, 0.1) is 0 Å². The second-order valence-electron chi connectivity index (χ2n) is 8.99. The molecule has 2 amide bonds. The van der Waals surface area contributed by atoms with Gasteiger partial charge >= 0.3 is 6.03 Å². The van der Waals surface area contributed by atoms with Crippen LogP contribution in [0.3, 0.4) is 0 Å². The number of amides is 2. The number of hydrogen-bond acceptors (Lipinski definition) is 8. The molecule has 35 heavy (non-hydrogen) atoms. The van der Waals surface area contributed by atoms with Gasteiger partial charge in [-0.2, -0.15) is 0 Å². The third-order valence-electron chi connectivity index (χ3n) is 6.73. The molecule has 1 aromatic carbocycles. The van der Waals surface area contributed by atoms with Gasteiger partial charge in [0, 0.05) is 49.0 Å². The lowest BCUT2D eigenvalue weighted by Gasteiger charge is -2.38. The van der Waals surface area contributed by atoms with Gasteiger partial charge in [0.05, 0.1) is 38.7 Å².